The molecule has 90 valence electrons. The van der Waals surface area contributed by atoms with Crippen molar-refractivity contribution in [3.05, 3.63) is 41.2 Å². The van der Waals surface area contributed by atoms with Gasteiger partial charge in [-0.2, -0.15) is 5.10 Å². The van der Waals surface area contributed by atoms with Crippen LogP contribution < -0.4 is 4.74 Å². The molecule has 1 aromatic carbocycles. The van der Waals surface area contributed by atoms with Crippen molar-refractivity contribution in [3.63, 3.8) is 0 Å². The first-order valence-corrected chi connectivity index (χ1v) is 5.96. The lowest BCUT2D eigenvalue weighted by Gasteiger charge is -2.06. The molecule has 2 aromatic rings. The van der Waals surface area contributed by atoms with Crippen LogP contribution in [0.2, 0.25) is 0 Å². The molecule has 0 radical (unpaired) electrons. The van der Waals surface area contributed by atoms with Gasteiger partial charge in [0, 0.05) is 17.3 Å². The molecule has 0 saturated heterocycles. The number of aromatic nitrogens is 2. The van der Waals surface area contributed by atoms with Crippen molar-refractivity contribution in [2.75, 3.05) is 7.11 Å². The Morgan fingerprint density at radius 2 is 2.12 bits per heavy atom. The zero-order chi connectivity index (χ0) is 12.4. The quantitative estimate of drug-likeness (QED) is 0.782. The molecule has 0 spiro atoms. The Morgan fingerprint density at radius 1 is 1.35 bits per heavy atom. The molecule has 2 rings (SSSR count). The minimum atomic E-state index is 0.488. The maximum atomic E-state index is 5.92. The van der Waals surface area contributed by atoms with Gasteiger partial charge in [-0.3, -0.25) is 0 Å². The Bertz CT molecular complexity index is 534. The van der Waals surface area contributed by atoms with E-state index in [0.717, 1.165) is 28.4 Å². The fourth-order valence-electron chi connectivity index (χ4n) is 1.86. The molecular formula is C13H15ClN2O. The van der Waals surface area contributed by atoms with Crippen LogP contribution >= 0.6 is 11.6 Å². The summed E-state index contributed by atoms with van der Waals surface area (Å²) in [5, 5.41) is 4.50. The smallest absolute Gasteiger partial charge is 0.121 e. The van der Waals surface area contributed by atoms with Gasteiger partial charge >= 0.3 is 0 Å². The number of hydrogen-bond donors (Lipinski definition) is 0. The van der Waals surface area contributed by atoms with Gasteiger partial charge < -0.3 is 4.74 Å². The molecule has 0 unspecified atom stereocenters. The van der Waals surface area contributed by atoms with E-state index in [1.807, 2.05) is 42.8 Å². The molecule has 0 atom stereocenters. The highest BCUT2D eigenvalue weighted by Crippen LogP contribution is 2.22. The Labute approximate surface area is 106 Å². The second kappa shape index (κ2) is 4.80. The van der Waals surface area contributed by atoms with Gasteiger partial charge in [-0.1, -0.05) is 6.07 Å². The van der Waals surface area contributed by atoms with E-state index in [-0.39, 0.29) is 0 Å². The van der Waals surface area contributed by atoms with Crippen LogP contribution in [0.15, 0.2) is 24.3 Å². The lowest BCUT2D eigenvalue weighted by atomic mass is 10.2. The van der Waals surface area contributed by atoms with Crippen molar-refractivity contribution in [2.45, 2.75) is 19.7 Å². The zero-order valence-electron chi connectivity index (χ0n) is 10.2. The Balaban J connectivity index is 2.52. The van der Waals surface area contributed by atoms with Gasteiger partial charge in [-0.15, -0.1) is 11.6 Å². The summed E-state index contributed by atoms with van der Waals surface area (Å²) in [6.07, 6.45) is 0. The van der Waals surface area contributed by atoms with E-state index in [1.54, 1.807) is 7.11 Å². The van der Waals surface area contributed by atoms with Crippen molar-refractivity contribution < 1.29 is 4.74 Å². The van der Waals surface area contributed by atoms with Gasteiger partial charge in [-0.05, 0) is 26.0 Å². The van der Waals surface area contributed by atoms with Crippen LogP contribution in [-0.4, -0.2) is 16.9 Å². The van der Waals surface area contributed by atoms with Gasteiger partial charge in [0.15, 0.2) is 0 Å². The Morgan fingerprint density at radius 3 is 2.71 bits per heavy atom. The monoisotopic (exact) mass is 250 g/mol. The van der Waals surface area contributed by atoms with E-state index >= 15 is 0 Å². The number of alkyl halides is 1. The number of methoxy groups -OCH3 is 1. The molecule has 0 aliphatic rings. The number of benzene rings is 1. The van der Waals surface area contributed by atoms with Crippen molar-refractivity contribution in [3.8, 4) is 11.4 Å². The van der Waals surface area contributed by atoms with E-state index in [0.29, 0.717) is 5.88 Å². The van der Waals surface area contributed by atoms with Gasteiger partial charge in [-0.25, -0.2) is 4.68 Å². The molecular weight excluding hydrogens is 236 g/mol. The molecule has 1 heterocycles. The highest BCUT2D eigenvalue weighted by atomic mass is 35.5. The normalized spacial score (nSPS) is 10.6. The zero-order valence-corrected chi connectivity index (χ0v) is 11.0. The van der Waals surface area contributed by atoms with Crippen LogP contribution in [0, 0.1) is 13.8 Å². The number of aryl methyl sites for hydroxylation is 1. The summed E-state index contributed by atoms with van der Waals surface area (Å²) in [5.74, 6) is 1.31. The molecule has 3 nitrogen and oxygen atoms in total. The predicted octanol–water partition coefficient (Wildman–Crippen LogP) is 3.24. The Kier molecular flexibility index (Phi) is 3.38. The largest absolute Gasteiger partial charge is 0.497 e. The van der Waals surface area contributed by atoms with E-state index in [1.165, 1.54) is 0 Å². The van der Waals surface area contributed by atoms with Crippen LogP contribution in [0.4, 0.5) is 0 Å². The molecule has 0 fully saturated rings. The van der Waals surface area contributed by atoms with Crippen LogP contribution in [0.5, 0.6) is 5.75 Å². The maximum Gasteiger partial charge on any atom is 0.121 e. The number of ether oxygens (including phenoxy) is 1. The fraction of sp³-hybridized carbons (Fsp3) is 0.308. The number of nitrogens with zero attached hydrogens (tertiary/aromatic N) is 2. The number of halogens is 1. The van der Waals surface area contributed by atoms with Gasteiger partial charge in [0.05, 0.1) is 24.4 Å². The highest BCUT2D eigenvalue weighted by molar-refractivity contribution is 6.17. The van der Waals surface area contributed by atoms with Crippen molar-refractivity contribution in [2.24, 2.45) is 0 Å². The molecule has 0 amide bonds. The van der Waals surface area contributed by atoms with Gasteiger partial charge in [0.1, 0.15) is 5.75 Å². The first kappa shape index (κ1) is 12.0. The van der Waals surface area contributed by atoms with Crippen LogP contribution in [0.3, 0.4) is 0 Å². The third-order valence-electron chi connectivity index (χ3n) is 2.87. The van der Waals surface area contributed by atoms with Crippen LogP contribution in [-0.2, 0) is 5.88 Å². The van der Waals surface area contributed by atoms with E-state index in [9.17, 15) is 0 Å². The van der Waals surface area contributed by atoms with Crippen molar-refractivity contribution in [1.82, 2.24) is 9.78 Å². The summed E-state index contributed by atoms with van der Waals surface area (Å²) in [5.41, 5.74) is 4.13. The summed E-state index contributed by atoms with van der Waals surface area (Å²) in [6, 6.07) is 7.82. The standard InChI is InChI=1S/C13H15ClN2O/c1-9-13(8-14)10(2)16(15-9)11-5-4-6-12(7-11)17-3/h4-7H,8H2,1-3H3. The predicted molar refractivity (Wildman–Crippen MR) is 69.1 cm³/mol. The lowest BCUT2D eigenvalue weighted by Crippen LogP contribution is -1.99. The minimum absolute atomic E-state index is 0.488. The summed E-state index contributed by atoms with van der Waals surface area (Å²) >= 11 is 5.92. The van der Waals surface area contributed by atoms with Crippen LogP contribution in [0.25, 0.3) is 5.69 Å². The van der Waals surface area contributed by atoms with Crippen LogP contribution in [0.1, 0.15) is 17.0 Å². The highest BCUT2D eigenvalue weighted by Gasteiger charge is 2.11. The first-order chi connectivity index (χ1) is 8.17. The van der Waals surface area contributed by atoms with Crippen molar-refractivity contribution >= 4 is 11.6 Å². The number of hydrogen-bond acceptors (Lipinski definition) is 2. The third-order valence-corrected chi connectivity index (χ3v) is 3.14. The summed E-state index contributed by atoms with van der Waals surface area (Å²) in [4.78, 5) is 0. The lowest BCUT2D eigenvalue weighted by molar-refractivity contribution is 0.414. The van der Waals surface area contributed by atoms with Crippen molar-refractivity contribution in [1.29, 1.82) is 0 Å². The van der Waals surface area contributed by atoms with E-state index < -0.39 is 0 Å². The molecule has 0 aliphatic carbocycles. The molecule has 17 heavy (non-hydrogen) atoms. The Hall–Kier alpha value is -1.48. The van der Waals surface area contributed by atoms with E-state index in [2.05, 4.69) is 5.10 Å². The second-order valence-corrected chi connectivity index (χ2v) is 4.16. The summed E-state index contributed by atoms with van der Waals surface area (Å²) in [7, 11) is 1.66. The van der Waals surface area contributed by atoms with E-state index in [4.69, 9.17) is 16.3 Å². The maximum absolute atomic E-state index is 5.92. The fourth-order valence-corrected chi connectivity index (χ4v) is 2.25. The number of rotatable bonds is 3. The molecule has 0 bridgehead atoms. The SMILES string of the molecule is COc1cccc(-n2nc(C)c(CCl)c2C)c1. The minimum Gasteiger partial charge on any atom is -0.497 e. The van der Waals surface area contributed by atoms with Gasteiger partial charge in [0.25, 0.3) is 0 Å². The summed E-state index contributed by atoms with van der Waals surface area (Å²) < 4.78 is 7.11. The first-order valence-electron chi connectivity index (χ1n) is 5.43. The molecule has 0 saturated carbocycles. The molecule has 1 aromatic heterocycles. The van der Waals surface area contributed by atoms with Gasteiger partial charge in [0.2, 0.25) is 0 Å². The molecule has 0 N–H and O–H groups in total. The molecule has 0 aliphatic heterocycles. The molecule has 4 heteroatoms. The average Bonchev–Trinajstić information content (AvgIpc) is 2.64. The average molecular weight is 251 g/mol. The summed E-state index contributed by atoms with van der Waals surface area (Å²) in [6.45, 7) is 4.00. The second-order valence-electron chi connectivity index (χ2n) is 3.90. The topological polar surface area (TPSA) is 27.1 Å². The third kappa shape index (κ3) is 2.15.